The van der Waals surface area contributed by atoms with Crippen LogP contribution in [0.15, 0.2) is 48.8 Å². The molecule has 0 unspecified atom stereocenters. The Labute approximate surface area is 167 Å². The van der Waals surface area contributed by atoms with Gasteiger partial charge in [0.05, 0.1) is 24.4 Å². The molecule has 0 aliphatic rings. The number of rotatable bonds is 5. The first-order chi connectivity index (χ1) is 13.5. The van der Waals surface area contributed by atoms with E-state index in [1.54, 1.807) is 37.4 Å². The molecule has 0 saturated heterocycles. The van der Waals surface area contributed by atoms with E-state index < -0.39 is 5.91 Å². The zero-order chi connectivity index (χ0) is 20.1. The molecule has 3 rings (SSSR count). The fraction of sp³-hybridized carbons (Fsp3) is 0.100. The van der Waals surface area contributed by atoms with Gasteiger partial charge in [-0.2, -0.15) is 5.26 Å². The van der Waals surface area contributed by atoms with E-state index in [-0.39, 0.29) is 5.69 Å². The number of hydrogen-bond acceptors (Lipinski definition) is 6. The number of anilines is 3. The topological polar surface area (TPSA) is 99.9 Å². The van der Waals surface area contributed by atoms with Gasteiger partial charge in [-0.15, -0.1) is 0 Å². The van der Waals surface area contributed by atoms with Crippen molar-refractivity contribution in [3.63, 3.8) is 0 Å². The first kappa shape index (κ1) is 19.1. The Balaban J connectivity index is 1.81. The number of hydrogen-bond donors (Lipinski definition) is 2. The third kappa shape index (κ3) is 4.37. The van der Waals surface area contributed by atoms with E-state index in [1.165, 1.54) is 12.4 Å². The minimum absolute atomic E-state index is 0.171. The van der Waals surface area contributed by atoms with Gasteiger partial charge in [-0.3, -0.25) is 4.79 Å². The molecule has 0 aliphatic heterocycles. The summed E-state index contributed by atoms with van der Waals surface area (Å²) in [7, 11) is 1.54. The van der Waals surface area contributed by atoms with Crippen molar-refractivity contribution in [1.82, 2.24) is 9.97 Å². The third-order valence-electron chi connectivity index (χ3n) is 3.89. The highest BCUT2D eigenvalue weighted by Crippen LogP contribution is 2.32. The highest BCUT2D eigenvalue weighted by molar-refractivity contribution is 6.31. The normalized spacial score (nSPS) is 10.1. The molecule has 2 aromatic carbocycles. The number of benzene rings is 2. The summed E-state index contributed by atoms with van der Waals surface area (Å²) in [5.74, 6) is 0.555. The molecule has 0 radical (unpaired) electrons. The SMILES string of the molecule is COc1cc(Cl)c(C)cc1Nc1cc(C(=O)Nc2cccc(C#N)c2)ncn1. The summed E-state index contributed by atoms with van der Waals surface area (Å²) in [5.41, 5.74) is 2.66. The van der Waals surface area contributed by atoms with E-state index in [0.29, 0.717) is 33.5 Å². The van der Waals surface area contributed by atoms with Gasteiger partial charge in [0.25, 0.3) is 5.91 Å². The lowest BCUT2D eigenvalue weighted by Crippen LogP contribution is -2.14. The fourth-order valence-corrected chi connectivity index (χ4v) is 2.63. The molecule has 1 heterocycles. The molecule has 1 amide bonds. The molecular weight excluding hydrogens is 378 g/mol. The summed E-state index contributed by atoms with van der Waals surface area (Å²) in [6.07, 6.45) is 1.29. The number of aromatic nitrogens is 2. The third-order valence-corrected chi connectivity index (χ3v) is 4.30. The van der Waals surface area contributed by atoms with Crippen molar-refractivity contribution in [1.29, 1.82) is 5.26 Å². The van der Waals surface area contributed by atoms with Crippen molar-refractivity contribution in [3.05, 3.63) is 70.6 Å². The van der Waals surface area contributed by atoms with Crippen LogP contribution in [0.2, 0.25) is 5.02 Å². The summed E-state index contributed by atoms with van der Waals surface area (Å²) < 4.78 is 5.34. The number of nitrogens with zero attached hydrogens (tertiary/aromatic N) is 3. The lowest BCUT2D eigenvalue weighted by Gasteiger charge is -2.13. The number of carbonyl (C=O) groups is 1. The molecule has 0 atom stereocenters. The Morgan fingerprint density at radius 3 is 2.79 bits per heavy atom. The molecular formula is C20H16ClN5O2. The van der Waals surface area contributed by atoms with Crippen LogP contribution in [0.25, 0.3) is 0 Å². The predicted octanol–water partition coefficient (Wildman–Crippen LogP) is 4.31. The number of amides is 1. The van der Waals surface area contributed by atoms with E-state index in [4.69, 9.17) is 21.6 Å². The standard InChI is InChI=1S/C20H16ClN5O2/c1-12-6-16(18(28-2)8-15(12)21)26-19-9-17(23-11-24-19)20(27)25-14-5-3-4-13(7-14)10-22/h3-9,11H,1-2H3,(H,25,27)(H,23,24,26). The first-order valence-corrected chi connectivity index (χ1v) is 8.62. The molecule has 28 heavy (non-hydrogen) atoms. The second-order valence-corrected chi connectivity index (χ2v) is 6.27. The largest absolute Gasteiger partial charge is 0.495 e. The van der Waals surface area contributed by atoms with Gasteiger partial charge in [0.1, 0.15) is 23.6 Å². The van der Waals surface area contributed by atoms with Gasteiger partial charge in [-0.1, -0.05) is 17.7 Å². The molecule has 1 aromatic heterocycles. The van der Waals surface area contributed by atoms with Gasteiger partial charge in [0.2, 0.25) is 0 Å². The monoisotopic (exact) mass is 393 g/mol. The molecule has 140 valence electrons. The van der Waals surface area contributed by atoms with E-state index in [0.717, 1.165) is 5.56 Å². The Morgan fingerprint density at radius 1 is 1.21 bits per heavy atom. The van der Waals surface area contributed by atoms with Crippen molar-refractivity contribution < 1.29 is 9.53 Å². The number of ether oxygens (including phenoxy) is 1. The summed E-state index contributed by atoms with van der Waals surface area (Å²) >= 11 is 6.13. The van der Waals surface area contributed by atoms with Gasteiger partial charge >= 0.3 is 0 Å². The zero-order valence-corrected chi connectivity index (χ0v) is 15.9. The van der Waals surface area contributed by atoms with Crippen molar-refractivity contribution in [2.75, 3.05) is 17.7 Å². The van der Waals surface area contributed by atoms with Gasteiger partial charge in [0.15, 0.2) is 0 Å². The molecule has 0 saturated carbocycles. The fourth-order valence-electron chi connectivity index (χ4n) is 2.48. The van der Waals surface area contributed by atoms with E-state index in [2.05, 4.69) is 20.6 Å². The molecule has 0 spiro atoms. The Hall–Kier alpha value is -3.63. The maximum absolute atomic E-state index is 12.5. The number of nitriles is 1. The quantitative estimate of drug-likeness (QED) is 0.669. The van der Waals surface area contributed by atoms with Crippen molar-refractivity contribution in [2.24, 2.45) is 0 Å². The number of nitrogens with one attached hydrogen (secondary N) is 2. The molecule has 2 N–H and O–H groups in total. The lowest BCUT2D eigenvalue weighted by atomic mass is 10.2. The number of carbonyl (C=O) groups excluding carboxylic acids is 1. The average molecular weight is 394 g/mol. The highest BCUT2D eigenvalue weighted by Gasteiger charge is 2.12. The smallest absolute Gasteiger partial charge is 0.274 e. The molecule has 7 nitrogen and oxygen atoms in total. The molecule has 0 bridgehead atoms. The van der Waals surface area contributed by atoms with E-state index >= 15 is 0 Å². The van der Waals surface area contributed by atoms with Crippen LogP contribution in [0.1, 0.15) is 21.6 Å². The van der Waals surface area contributed by atoms with Crippen LogP contribution in [-0.2, 0) is 0 Å². The summed E-state index contributed by atoms with van der Waals surface area (Å²) in [6, 6.07) is 13.7. The molecule has 3 aromatic rings. The van der Waals surface area contributed by atoms with Crippen LogP contribution in [0.4, 0.5) is 17.2 Å². The maximum atomic E-state index is 12.5. The zero-order valence-electron chi connectivity index (χ0n) is 15.2. The van der Waals surface area contributed by atoms with Crippen LogP contribution >= 0.6 is 11.6 Å². The maximum Gasteiger partial charge on any atom is 0.274 e. The Kier molecular flexibility index (Phi) is 5.72. The minimum Gasteiger partial charge on any atom is -0.495 e. The summed E-state index contributed by atoms with van der Waals surface area (Å²) in [5, 5.41) is 15.4. The van der Waals surface area contributed by atoms with Gasteiger partial charge in [-0.25, -0.2) is 9.97 Å². The van der Waals surface area contributed by atoms with Gasteiger partial charge in [-0.05, 0) is 36.8 Å². The second kappa shape index (κ2) is 8.37. The second-order valence-electron chi connectivity index (χ2n) is 5.86. The molecule has 0 fully saturated rings. The van der Waals surface area contributed by atoms with Crippen LogP contribution in [0.3, 0.4) is 0 Å². The number of halogens is 1. The Bertz CT molecular complexity index is 1080. The van der Waals surface area contributed by atoms with Gasteiger partial charge in [0, 0.05) is 22.8 Å². The van der Waals surface area contributed by atoms with Crippen LogP contribution in [0.5, 0.6) is 5.75 Å². The first-order valence-electron chi connectivity index (χ1n) is 8.25. The summed E-state index contributed by atoms with van der Waals surface area (Å²) in [6.45, 7) is 1.88. The minimum atomic E-state index is -0.417. The number of methoxy groups -OCH3 is 1. The average Bonchev–Trinajstić information content (AvgIpc) is 2.71. The lowest BCUT2D eigenvalue weighted by molar-refractivity contribution is 0.102. The van der Waals surface area contributed by atoms with Crippen LogP contribution < -0.4 is 15.4 Å². The van der Waals surface area contributed by atoms with Crippen LogP contribution in [0, 0.1) is 18.3 Å². The molecule has 8 heteroatoms. The van der Waals surface area contributed by atoms with Crippen molar-refractivity contribution >= 4 is 34.7 Å². The van der Waals surface area contributed by atoms with Crippen molar-refractivity contribution in [2.45, 2.75) is 6.92 Å². The number of aryl methyl sites for hydroxylation is 1. The predicted molar refractivity (Wildman–Crippen MR) is 107 cm³/mol. The van der Waals surface area contributed by atoms with Gasteiger partial charge < -0.3 is 15.4 Å². The Morgan fingerprint density at radius 2 is 2.04 bits per heavy atom. The van der Waals surface area contributed by atoms with E-state index in [1.807, 2.05) is 19.1 Å². The van der Waals surface area contributed by atoms with E-state index in [9.17, 15) is 4.79 Å². The van der Waals surface area contributed by atoms with Crippen molar-refractivity contribution in [3.8, 4) is 11.8 Å². The molecule has 0 aliphatic carbocycles. The highest BCUT2D eigenvalue weighted by atomic mass is 35.5. The van der Waals surface area contributed by atoms with Crippen LogP contribution in [-0.4, -0.2) is 23.0 Å². The summed E-state index contributed by atoms with van der Waals surface area (Å²) in [4.78, 5) is 20.6.